The number of rotatable bonds is 5. The van der Waals surface area contributed by atoms with Gasteiger partial charge >= 0.3 is 12.8 Å². The second-order valence-electron chi connectivity index (χ2n) is 4.96. The number of carbonyl (C=O) groups excluding carboxylic acids is 1. The summed E-state index contributed by atoms with van der Waals surface area (Å²) in [5.41, 5.74) is -1.97. The number of pyridine rings is 1. The predicted octanol–water partition coefficient (Wildman–Crippen LogP) is 3.76. The van der Waals surface area contributed by atoms with E-state index in [1.54, 1.807) is 0 Å². The molecule has 0 aliphatic carbocycles. The van der Waals surface area contributed by atoms with E-state index in [2.05, 4.69) is 10.1 Å². The van der Waals surface area contributed by atoms with Crippen LogP contribution >= 0.6 is 11.6 Å². The van der Waals surface area contributed by atoms with E-state index in [0.717, 1.165) is 12.1 Å². The van der Waals surface area contributed by atoms with Crippen LogP contribution in [-0.2, 0) is 17.5 Å². The molecule has 0 saturated carbocycles. The summed E-state index contributed by atoms with van der Waals surface area (Å²) in [7, 11) is 0. The van der Waals surface area contributed by atoms with Crippen LogP contribution in [0.1, 0.15) is 5.56 Å². The number of nitrogens with zero attached hydrogens (tertiary/aromatic N) is 1. The molecular formula is C15H10ClF5N2O3. The van der Waals surface area contributed by atoms with E-state index in [0.29, 0.717) is 16.8 Å². The van der Waals surface area contributed by atoms with E-state index >= 15 is 0 Å². The Labute approximate surface area is 147 Å². The summed E-state index contributed by atoms with van der Waals surface area (Å²) in [5.74, 6) is -0.955. The smallest absolute Gasteiger partial charge is 0.417 e. The van der Waals surface area contributed by atoms with Gasteiger partial charge in [-0.25, -0.2) is 0 Å². The predicted molar refractivity (Wildman–Crippen MR) is 82.4 cm³/mol. The van der Waals surface area contributed by atoms with Crippen LogP contribution in [0.2, 0.25) is 5.02 Å². The lowest BCUT2D eigenvalue weighted by atomic mass is 10.2. The van der Waals surface area contributed by atoms with Crippen LogP contribution < -0.4 is 15.6 Å². The van der Waals surface area contributed by atoms with Crippen molar-refractivity contribution in [2.75, 3.05) is 5.32 Å². The van der Waals surface area contributed by atoms with Crippen LogP contribution in [0.5, 0.6) is 5.75 Å². The summed E-state index contributed by atoms with van der Waals surface area (Å²) in [6.07, 6.45) is -4.26. The van der Waals surface area contributed by atoms with Crippen molar-refractivity contribution in [1.29, 1.82) is 0 Å². The molecule has 0 aliphatic heterocycles. The first-order valence-corrected chi connectivity index (χ1v) is 7.26. The molecule has 26 heavy (non-hydrogen) atoms. The molecule has 1 N–H and O–H groups in total. The quantitative estimate of drug-likeness (QED) is 0.783. The Morgan fingerprint density at radius 1 is 1.23 bits per heavy atom. The Balaban J connectivity index is 2.12. The van der Waals surface area contributed by atoms with Crippen LogP contribution in [0.25, 0.3) is 0 Å². The maximum absolute atomic E-state index is 12.8. The summed E-state index contributed by atoms with van der Waals surface area (Å²) >= 11 is 5.49. The molecule has 0 aliphatic rings. The van der Waals surface area contributed by atoms with Crippen molar-refractivity contribution < 1.29 is 31.5 Å². The van der Waals surface area contributed by atoms with Gasteiger partial charge in [0.05, 0.1) is 5.56 Å². The van der Waals surface area contributed by atoms with Crippen molar-refractivity contribution in [2.45, 2.75) is 19.3 Å². The molecule has 0 bridgehead atoms. The molecule has 0 radical (unpaired) electrons. The highest BCUT2D eigenvalue weighted by molar-refractivity contribution is 6.30. The van der Waals surface area contributed by atoms with Gasteiger partial charge in [0, 0.05) is 11.9 Å². The average Bonchev–Trinajstić information content (AvgIpc) is 2.52. The molecule has 0 unspecified atom stereocenters. The summed E-state index contributed by atoms with van der Waals surface area (Å²) in [4.78, 5) is 23.7. The van der Waals surface area contributed by atoms with Crippen molar-refractivity contribution in [2.24, 2.45) is 0 Å². The molecule has 0 atom stereocenters. The largest absolute Gasteiger partial charge is 0.435 e. The van der Waals surface area contributed by atoms with Gasteiger partial charge in [-0.1, -0.05) is 11.6 Å². The fraction of sp³-hybridized carbons (Fsp3) is 0.200. The normalized spacial score (nSPS) is 11.5. The minimum Gasteiger partial charge on any atom is -0.435 e. The number of ether oxygens (including phenoxy) is 1. The molecule has 11 heteroatoms. The second-order valence-corrected chi connectivity index (χ2v) is 5.37. The van der Waals surface area contributed by atoms with Gasteiger partial charge in [0.15, 0.2) is 0 Å². The molecule has 2 aromatic rings. The standard InChI is InChI=1S/C15H10ClF5N2O3/c16-11-5-8(15(19,20)21)6-23(13(11)25)7-12(24)22-9-1-3-10(4-2-9)26-14(17)18/h1-6,14H,7H2,(H,22,24). The van der Waals surface area contributed by atoms with E-state index in [1.807, 2.05) is 0 Å². The van der Waals surface area contributed by atoms with E-state index in [1.165, 1.54) is 12.1 Å². The van der Waals surface area contributed by atoms with Crippen LogP contribution in [0.4, 0.5) is 27.6 Å². The highest BCUT2D eigenvalue weighted by Gasteiger charge is 2.32. The molecule has 140 valence electrons. The molecule has 2 rings (SSSR count). The van der Waals surface area contributed by atoms with Gasteiger partial charge in [-0.15, -0.1) is 0 Å². The van der Waals surface area contributed by atoms with Gasteiger partial charge in [0.2, 0.25) is 5.91 Å². The van der Waals surface area contributed by atoms with Crippen molar-refractivity contribution >= 4 is 23.2 Å². The van der Waals surface area contributed by atoms with Crippen molar-refractivity contribution in [1.82, 2.24) is 4.57 Å². The van der Waals surface area contributed by atoms with Crippen molar-refractivity contribution in [3.8, 4) is 5.75 Å². The molecule has 1 aromatic carbocycles. The topological polar surface area (TPSA) is 60.3 Å². The molecule has 1 amide bonds. The highest BCUT2D eigenvalue weighted by Crippen LogP contribution is 2.29. The second kappa shape index (κ2) is 7.73. The lowest BCUT2D eigenvalue weighted by Crippen LogP contribution is -2.29. The number of anilines is 1. The van der Waals surface area contributed by atoms with E-state index in [4.69, 9.17) is 11.6 Å². The van der Waals surface area contributed by atoms with Crippen LogP contribution in [-0.4, -0.2) is 17.1 Å². The lowest BCUT2D eigenvalue weighted by Gasteiger charge is -2.12. The summed E-state index contributed by atoms with van der Waals surface area (Å²) < 4.78 is 67.0. The number of benzene rings is 1. The van der Waals surface area contributed by atoms with Crippen LogP contribution in [0, 0.1) is 0 Å². The van der Waals surface area contributed by atoms with E-state index in [-0.39, 0.29) is 11.4 Å². The third kappa shape index (κ3) is 5.19. The maximum Gasteiger partial charge on any atom is 0.417 e. The molecule has 0 fully saturated rings. The number of hydrogen-bond acceptors (Lipinski definition) is 3. The number of alkyl halides is 5. The summed E-state index contributed by atoms with van der Waals surface area (Å²) in [6.45, 7) is -3.73. The van der Waals surface area contributed by atoms with Gasteiger partial charge in [0.1, 0.15) is 17.3 Å². The van der Waals surface area contributed by atoms with Gasteiger partial charge in [-0.3, -0.25) is 9.59 Å². The number of halogens is 6. The molecule has 0 saturated heterocycles. The number of hydrogen-bond donors (Lipinski definition) is 1. The van der Waals surface area contributed by atoms with E-state index in [9.17, 15) is 31.5 Å². The minimum atomic E-state index is -4.74. The maximum atomic E-state index is 12.8. The van der Waals surface area contributed by atoms with Gasteiger partial charge in [0.25, 0.3) is 5.56 Å². The Hall–Kier alpha value is -2.62. The number of aromatic nitrogens is 1. The van der Waals surface area contributed by atoms with Gasteiger partial charge < -0.3 is 14.6 Å². The summed E-state index contributed by atoms with van der Waals surface area (Å²) in [6, 6.07) is 5.29. The monoisotopic (exact) mass is 396 g/mol. The zero-order chi connectivity index (χ0) is 19.5. The van der Waals surface area contributed by atoms with Crippen molar-refractivity contribution in [3.63, 3.8) is 0 Å². The zero-order valence-electron chi connectivity index (χ0n) is 12.7. The molecular weight excluding hydrogens is 387 g/mol. The third-order valence-corrected chi connectivity index (χ3v) is 3.32. The molecule has 0 spiro atoms. The third-order valence-electron chi connectivity index (χ3n) is 3.05. The van der Waals surface area contributed by atoms with Crippen LogP contribution in [0.15, 0.2) is 41.3 Å². The number of nitrogens with one attached hydrogen (secondary N) is 1. The minimum absolute atomic E-state index is 0.140. The number of carbonyl (C=O) groups is 1. The van der Waals surface area contributed by atoms with Gasteiger partial charge in [-0.05, 0) is 30.3 Å². The molecule has 1 heterocycles. The fourth-order valence-electron chi connectivity index (χ4n) is 1.95. The summed E-state index contributed by atoms with van der Waals surface area (Å²) in [5, 5.41) is 1.63. The van der Waals surface area contributed by atoms with Crippen LogP contribution in [0.3, 0.4) is 0 Å². The first kappa shape index (κ1) is 19.7. The Kier molecular flexibility index (Phi) is 5.86. The first-order valence-electron chi connectivity index (χ1n) is 6.88. The number of amides is 1. The zero-order valence-corrected chi connectivity index (χ0v) is 13.4. The lowest BCUT2D eigenvalue weighted by molar-refractivity contribution is -0.138. The Bertz CT molecular complexity index is 850. The SMILES string of the molecule is O=C(Cn1cc(C(F)(F)F)cc(Cl)c1=O)Nc1ccc(OC(F)F)cc1. The first-order chi connectivity index (χ1) is 12.1. The molecule has 1 aromatic heterocycles. The fourth-order valence-corrected chi connectivity index (χ4v) is 2.17. The average molecular weight is 397 g/mol. The molecule has 5 nitrogen and oxygen atoms in total. The van der Waals surface area contributed by atoms with Crippen molar-refractivity contribution in [3.05, 3.63) is 57.5 Å². The Morgan fingerprint density at radius 2 is 1.85 bits per heavy atom. The van der Waals surface area contributed by atoms with E-state index < -0.39 is 41.4 Å². The Morgan fingerprint density at radius 3 is 2.38 bits per heavy atom. The highest BCUT2D eigenvalue weighted by atomic mass is 35.5. The van der Waals surface area contributed by atoms with Gasteiger partial charge in [-0.2, -0.15) is 22.0 Å².